The number of halogens is 2. The molecule has 1 saturated heterocycles. The fraction of sp³-hybridized carbons (Fsp3) is 0.227. The summed E-state index contributed by atoms with van der Waals surface area (Å²) >= 11 is 0. The molecule has 0 aliphatic carbocycles. The zero-order valence-electron chi connectivity index (χ0n) is 14.4. The molecule has 0 amide bonds. The number of aromatic nitrogens is 1. The second-order valence-corrected chi connectivity index (χ2v) is 6.80. The maximum atomic E-state index is 13.4. The van der Waals surface area contributed by atoms with E-state index >= 15 is 0 Å². The molecule has 0 spiro atoms. The Balaban J connectivity index is 1.51. The molecule has 4 rings (SSSR count). The lowest BCUT2D eigenvalue weighted by molar-refractivity contribution is 0.0114. The molecule has 132 valence electrons. The smallest absolute Gasteiger partial charge is 0.261 e. The van der Waals surface area contributed by atoms with Crippen LogP contribution < -0.4 is 0 Å². The van der Waals surface area contributed by atoms with Gasteiger partial charge in [0.1, 0.15) is 0 Å². The van der Waals surface area contributed by atoms with E-state index in [2.05, 4.69) is 41.4 Å². The third kappa shape index (κ3) is 3.81. The second kappa shape index (κ2) is 6.96. The number of nitrogens with zero attached hydrogens (tertiary/aromatic N) is 2. The van der Waals surface area contributed by atoms with E-state index in [-0.39, 0.29) is 13.0 Å². The lowest BCUT2D eigenvalue weighted by Gasteiger charge is -2.15. The SMILES string of the molecule is FC1(F)CCN(Cc2cc(-c3ccc(-c4ccccc4)cc3)ccn2)C1. The maximum Gasteiger partial charge on any atom is 0.261 e. The third-order valence-corrected chi connectivity index (χ3v) is 4.78. The van der Waals surface area contributed by atoms with Gasteiger partial charge in [0.2, 0.25) is 0 Å². The number of benzene rings is 2. The van der Waals surface area contributed by atoms with Crippen molar-refractivity contribution in [1.29, 1.82) is 0 Å². The minimum Gasteiger partial charge on any atom is -0.291 e. The van der Waals surface area contributed by atoms with Crippen molar-refractivity contribution in [3.63, 3.8) is 0 Å². The Hall–Kier alpha value is -2.59. The highest BCUT2D eigenvalue weighted by Gasteiger charge is 2.38. The second-order valence-electron chi connectivity index (χ2n) is 6.80. The lowest BCUT2D eigenvalue weighted by Crippen LogP contribution is -2.25. The van der Waals surface area contributed by atoms with Crippen LogP contribution in [-0.2, 0) is 6.54 Å². The highest BCUT2D eigenvalue weighted by molar-refractivity contribution is 5.70. The first-order valence-corrected chi connectivity index (χ1v) is 8.80. The van der Waals surface area contributed by atoms with Crippen LogP contribution in [0.25, 0.3) is 22.3 Å². The Bertz CT molecular complexity index is 876. The fourth-order valence-electron chi connectivity index (χ4n) is 3.40. The molecule has 1 aliphatic rings. The van der Waals surface area contributed by atoms with Gasteiger partial charge >= 0.3 is 0 Å². The molecule has 1 fully saturated rings. The molecule has 0 saturated carbocycles. The van der Waals surface area contributed by atoms with Crippen molar-refractivity contribution < 1.29 is 8.78 Å². The molecule has 0 unspecified atom stereocenters. The van der Waals surface area contributed by atoms with Gasteiger partial charge in [-0.2, -0.15) is 0 Å². The van der Waals surface area contributed by atoms with Crippen molar-refractivity contribution in [2.45, 2.75) is 18.9 Å². The number of pyridine rings is 1. The summed E-state index contributed by atoms with van der Waals surface area (Å²) in [5.74, 6) is -2.56. The van der Waals surface area contributed by atoms with E-state index in [9.17, 15) is 8.78 Å². The van der Waals surface area contributed by atoms with Crippen molar-refractivity contribution in [3.8, 4) is 22.3 Å². The van der Waals surface area contributed by atoms with Gasteiger partial charge < -0.3 is 0 Å². The first-order chi connectivity index (χ1) is 12.6. The Kier molecular flexibility index (Phi) is 4.51. The van der Waals surface area contributed by atoms with Gasteiger partial charge in [0.05, 0.1) is 12.2 Å². The topological polar surface area (TPSA) is 16.1 Å². The molecular weight excluding hydrogens is 330 g/mol. The van der Waals surface area contributed by atoms with Gasteiger partial charge in [0.15, 0.2) is 0 Å². The molecular formula is C22H20F2N2. The summed E-state index contributed by atoms with van der Waals surface area (Å²) in [6.45, 7) is 0.709. The molecule has 0 atom stereocenters. The Morgan fingerprint density at radius 3 is 2.15 bits per heavy atom. The van der Waals surface area contributed by atoms with Crippen molar-refractivity contribution in [2.75, 3.05) is 13.1 Å². The highest BCUT2D eigenvalue weighted by atomic mass is 19.3. The molecule has 2 aromatic carbocycles. The Morgan fingerprint density at radius 2 is 1.50 bits per heavy atom. The van der Waals surface area contributed by atoms with E-state index in [1.54, 1.807) is 11.1 Å². The van der Waals surface area contributed by atoms with E-state index in [0.29, 0.717) is 13.1 Å². The zero-order chi connectivity index (χ0) is 18.0. The van der Waals surface area contributed by atoms with Crippen LogP contribution in [0.4, 0.5) is 8.78 Å². The van der Waals surface area contributed by atoms with Gasteiger partial charge in [-0.3, -0.25) is 9.88 Å². The van der Waals surface area contributed by atoms with E-state index in [1.807, 2.05) is 30.3 Å². The van der Waals surface area contributed by atoms with Crippen LogP contribution in [0.5, 0.6) is 0 Å². The van der Waals surface area contributed by atoms with Crippen molar-refractivity contribution in [1.82, 2.24) is 9.88 Å². The van der Waals surface area contributed by atoms with Crippen LogP contribution in [-0.4, -0.2) is 28.9 Å². The van der Waals surface area contributed by atoms with Crippen LogP contribution in [0, 0.1) is 0 Å². The standard InChI is InChI=1S/C22H20F2N2/c23-22(24)11-13-26(16-22)15-21-14-20(10-12-25-21)19-8-6-18(7-9-19)17-4-2-1-3-5-17/h1-10,12,14H,11,13,15-16H2. The van der Waals surface area contributed by atoms with Gasteiger partial charge in [0.25, 0.3) is 5.92 Å². The van der Waals surface area contributed by atoms with Crippen molar-refractivity contribution in [3.05, 3.63) is 78.6 Å². The van der Waals surface area contributed by atoms with Crippen LogP contribution in [0.3, 0.4) is 0 Å². The summed E-state index contributed by atoms with van der Waals surface area (Å²) in [6.07, 6.45) is 1.69. The number of hydrogen-bond acceptors (Lipinski definition) is 2. The first-order valence-electron chi connectivity index (χ1n) is 8.80. The van der Waals surface area contributed by atoms with E-state index in [1.165, 1.54) is 11.1 Å². The molecule has 1 aliphatic heterocycles. The van der Waals surface area contributed by atoms with Gasteiger partial charge in [-0.1, -0.05) is 54.6 Å². The minimum absolute atomic E-state index is 0.0619. The largest absolute Gasteiger partial charge is 0.291 e. The van der Waals surface area contributed by atoms with Crippen LogP contribution >= 0.6 is 0 Å². The molecule has 0 N–H and O–H groups in total. The lowest BCUT2D eigenvalue weighted by atomic mass is 10.0. The van der Waals surface area contributed by atoms with Crippen molar-refractivity contribution in [2.24, 2.45) is 0 Å². The summed E-state index contributed by atoms with van der Waals surface area (Å²) in [7, 11) is 0. The zero-order valence-corrected chi connectivity index (χ0v) is 14.4. The van der Waals surface area contributed by atoms with Crippen LogP contribution in [0.1, 0.15) is 12.1 Å². The third-order valence-electron chi connectivity index (χ3n) is 4.78. The molecule has 2 nitrogen and oxygen atoms in total. The van der Waals surface area contributed by atoms with Gasteiger partial charge in [-0.05, 0) is 34.4 Å². The summed E-state index contributed by atoms with van der Waals surface area (Å²) < 4.78 is 26.7. The Morgan fingerprint density at radius 1 is 0.846 bits per heavy atom. The highest BCUT2D eigenvalue weighted by Crippen LogP contribution is 2.29. The quantitative estimate of drug-likeness (QED) is 0.638. The molecule has 3 aromatic rings. The van der Waals surface area contributed by atoms with E-state index < -0.39 is 5.92 Å². The summed E-state index contributed by atoms with van der Waals surface area (Å²) in [4.78, 5) is 6.12. The molecule has 1 aromatic heterocycles. The maximum absolute atomic E-state index is 13.4. The minimum atomic E-state index is -2.56. The summed E-state index contributed by atoms with van der Waals surface area (Å²) in [5, 5.41) is 0. The molecule has 0 bridgehead atoms. The summed E-state index contributed by atoms with van der Waals surface area (Å²) in [6, 6.07) is 22.6. The fourth-order valence-corrected chi connectivity index (χ4v) is 3.40. The number of alkyl halides is 2. The number of hydrogen-bond donors (Lipinski definition) is 0. The number of rotatable bonds is 4. The van der Waals surface area contributed by atoms with Gasteiger partial charge in [-0.25, -0.2) is 8.78 Å². The molecule has 2 heterocycles. The average molecular weight is 350 g/mol. The van der Waals surface area contributed by atoms with E-state index in [0.717, 1.165) is 16.8 Å². The first kappa shape index (κ1) is 16.9. The monoisotopic (exact) mass is 350 g/mol. The molecule has 26 heavy (non-hydrogen) atoms. The predicted molar refractivity (Wildman–Crippen MR) is 100.0 cm³/mol. The average Bonchev–Trinajstić information content (AvgIpc) is 3.01. The normalized spacial score (nSPS) is 16.7. The van der Waals surface area contributed by atoms with Crippen LogP contribution in [0.2, 0.25) is 0 Å². The van der Waals surface area contributed by atoms with Crippen molar-refractivity contribution >= 4 is 0 Å². The molecule has 0 radical (unpaired) electrons. The van der Waals surface area contributed by atoms with Crippen LogP contribution in [0.15, 0.2) is 72.9 Å². The summed E-state index contributed by atoms with van der Waals surface area (Å²) in [5.41, 5.74) is 5.33. The van der Waals surface area contributed by atoms with Gasteiger partial charge in [0, 0.05) is 25.7 Å². The van der Waals surface area contributed by atoms with E-state index in [4.69, 9.17) is 0 Å². The van der Waals surface area contributed by atoms with Gasteiger partial charge in [-0.15, -0.1) is 0 Å². The predicted octanol–water partition coefficient (Wildman–Crippen LogP) is 5.26. The number of likely N-dealkylation sites (tertiary alicyclic amines) is 1. The molecule has 4 heteroatoms. The Labute approximate surface area is 152 Å².